The molecule has 0 saturated carbocycles. The van der Waals surface area contributed by atoms with Crippen LogP contribution in [-0.4, -0.2) is 47.2 Å². The average Bonchev–Trinajstić information content (AvgIpc) is 3.50. The highest BCUT2D eigenvalue weighted by atomic mass is 35.5. The van der Waals surface area contributed by atoms with Crippen molar-refractivity contribution >= 4 is 34.1 Å². The highest BCUT2D eigenvalue weighted by Crippen LogP contribution is 2.27. The number of anilines is 1. The molecule has 1 amide bonds. The van der Waals surface area contributed by atoms with Crippen molar-refractivity contribution in [1.82, 2.24) is 40.1 Å². The van der Waals surface area contributed by atoms with Crippen molar-refractivity contribution < 1.29 is 4.79 Å². The third kappa shape index (κ3) is 3.58. The van der Waals surface area contributed by atoms with Gasteiger partial charge in [0.25, 0.3) is 5.91 Å². The van der Waals surface area contributed by atoms with Gasteiger partial charge in [0.1, 0.15) is 5.69 Å². The predicted octanol–water partition coefficient (Wildman–Crippen LogP) is 3.34. The molecule has 1 unspecified atom stereocenters. The molecule has 168 valence electrons. The summed E-state index contributed by atoms with van der Waals surface area (Å²) in [4.78, 5) is 23.5. The second-order valence-electron chi connectivity index (χ2n) is 7.81. The summed E-state index contributed by atoms with van der Waals surface area (Å²) in [7, 11) is 0. The Kier molecular flexibility index (Phi) is 5.01. The Morgan fingerprint density at radius 2 is 1.94 bits per heavy atom. The summed E-state index contributed by atoms with van der Waals surface area (Å²) in [6.07, 6.45) is 7.23. The van der Waals surface area contributed by atoms with E-state index in [4.69, 9.17) is 16.6 Å². The van der Waals surface area contributed by atoms with Crippen LogP contribution in [0.4, 0.5) is 5.69 Å². The third-order valence-corrected chi connectivity index (χ3v) is 5.98. The van der Waals surface area contributed by atoms with E-state index in [2.05, 4.69) is 30.9 Å². The zero-order chi connectivity index (χ0) is 23.1. The molecule has 0 radical (unpaired) electrons. The first-order chi connectivity index (χ1) is 16.7. The van der Waals surface area contributed by atoms with Gasteiger partial charge < -0.3 is 10.6 Å². The van der Waals surface area contributed by atoms with Crippen molar-refractivity contribution in [3.8, 4) is 11.5 Å². The summed E-state index contributed by atoms with van der Waals surface area (Å²) >= 11 is 6.33. The van der Waals surface area contributed by atoms with Gasteiger partial charge in [0.05, 0.1) is 58.4 Å². The van der Waals surface area contributed by atoms with Gasteiger partial charge in [-0.15, -0.1) is 4.80 Å². The first-order valence-corrected chi connectivity index (χ1v) is 11.1. The van der Waals surface area contributed by atoms with Crippen molar-refractivity contribution in [2.75, 3.05) is 11.9 Å². The number of nitrogens with zero attached hydrogens (tertiary/aromatic N) is 7. The number of benzene rings is 1. The highest BCUT2D eigenvalue weighted by molar-refractivity contribution is 6.32. The molecular formula is C23H18ClN9O. The number of carbonyl (C=O) groups is 1. The van der Waals surface area contributed by atoms with Gasteiger partial charge in [-0.1, -0.05) is 17.7 Å². The lowest BCUT2D eigenvalue weighted by Gasteiger charge is -2.27. The van der Waals surface area contributed by atoms with Gasteiger partial charge in [-0.05, 0) is 49.4 Å². The van der Waals surface area contributed by atoms with E-state index in [1.54, 1.807) is 23.0 Å². The number of halogens is 1. The number of pyridine rings is 2. The fourth-order valence-electron chi connectivity index (χ4n) is 3.91. The van der Waals surface area contributed by atoms with Crippen molar-refractivity contribution in [3.63, 3.8) is 0 Å². The fraction of sp³-hybridized carbons (Fsp3) is 0.130. The molecule has 4 aromatic heterocycles. The van der Waals surface area contributed by atoms with Crippen LogP contribution in [-0.2, 0) is 0 Å². The van der Waals surface area contributed by atoms with Crippen LogP contribution < -0.4 is 10.6 Å². The Morgan fingerprint density at radius 3 is 2.71 bits per heavy atom. The predicted molar refractivity (Wildman–Crippen MR) is 126 cm³/mol. The minimum Gasteiger partial charge on any atom is -0.319 e. The Balaban J connectivity index is 1.30. The van der Waals surface area contributed by atoms with Crippen LogP contribution in [0.3, 0.4) is 0 Å². The Bertz CT molecular complexity index is 1510. The van der Waals surface area contributed by atoms with E-state index in [0.29, 0.717) is 28.3 Å². The van der Waals surface area contributed by atoms with Crippen LogP contribution in [0.2, 0.25) is 5.02 Å². The molecule has 1 aliphatic rings. The lowest BCUT2D eigenvalue weighted by atomic mass is 10.0. The monoisotopic (exact) mass is 471 g/mol. The number of aromatic nitrogens is 7. The molecule has 5 aromatic rings. The molecule has 10 nitrogen and oxygen atoms in total. The van der Waals surface area contributed by atoms with E-state index >= 15 is 0 Å². The number of fused-ring (bicyclic) bond motifs is 1. The van der Waals surface area contributed by atoms with Gasteiger partial charge in [0.2, 0.25) is 0 Å². The molecule has 1 aromatic carbocycles. The van der Waals surface area contributed by atoms with Gasteiger partial charge in [0.15, 0.2) is 5.82 Å². The standard InChI is InChI=1S/C23H18ClN9O/c24-16-12-14(13-26-22(16)33-28-10-11-29-33)30-23(34)21-7-9-27-32(21)20-3-1-2-17-15(20)4-5-19(31-17)18-6-8-25-18/h1-5,7,9-13,18,25H,6,8H2,(H,30,34). The first-order valence-electron chi connectivity index (χ1n) is 10.7. The molecular weight excluding hydrogens is 454 g/mol. The lowest BCUT2D eigenvalue weighted by Crippen LogP contribution is -2.35. The van der Waals surface area contributed by atoms with Crippen molar-refractivity contribution in [2.24, 2.45) is 0 Å². The zero-order valence-electron chi connectivity index (χ0n) is 17.8. The van der Waals surface area contributed by atoms with E-state index in [-0.39, 0.29) is 5.91 Å². The Hall–Kier alpha value is -4.15. The average molecular weight is 472 g/mol. The second-order valence-corrected chi connectivity index (χ2v) is 8.21. The van der Waals surface area contributed by atoms with Gasteiger partial charge >= 0.3 is 0 Å². The largest absolute Gasteiger partial charge is 0.319 e. The fourth-order valence-corrected chi connectivity index (χ4v) is 4.15. The minimum absolute atomic E-state index is 0.301. The van der Waals surface area contributed by atoms with Crippen LogP contribution in [0.25, 0.3) is 22.4 Å². The smallest absolute Gasteiger partial charge is 0.274 e. The maximum Gasteiger partial charge on any atom is 0.274 e. The number of rotatable bonds is 5. The van der Waals surface area contributed by atoms with Crippen molar-refractivity contribution in [2.45, 2.75) is 12.5 Å². The molecule has 6 rings (SSSR count). The molecule has 5 heterocycles. The maximum absolute atomic E-state index is 13.1. The van der Waals surface area contributed by atoms with Crippen molar-refractivity contribution in [1.29, 1.82) is 0 Å². The second kappa shape index (κ2) is 8.32. The van der Waals surface area contributed by atoms with E-state index in [0.717, 1.165) is 35.2 Å². The van der Waals surface area contributed by atoms with E-state index in [1.165, 1.54) is 23.4 Å². The van der Waals surface area contributed by atoms with Crippen LogP contribution >= 0.6 is 11.6 Å². The normalized spacial score (nSPS) is 15.3. The summed E-state index contributed by atoms with van der Waals surface area (Å²) in [5.41, 5.74) is 3.45. The van der Waals surface area contributed by atoms with Gasteiger partial charge in [0, 0.05) is 5.39 Å². The zero-order valence-corrected chi connectivity index (χ0v) is 18.5. The van der Waals surface area contributed by atoms with Crippen LogP contribution in [0.15, 0.2) is 67.3 Å². The Labute approximate surface area is 198 Å². The highest BCUT2D eigenvalue weighted by Gasteiger charge is 2.21. The summed E-state index contributed by atoms with van der Waals surface area (Å²) in [5.74, 6) is 0.0232. The quantitative estimate of drug-likeness (QED) is 0.404. The molecule has 1 aliphatic heterocycles. The SMILES string of the molecule is O=C(Nc1cnc(-n2nccn2)c(Cl)c1)c1ccnn1-c1cccc2nc(C3CCN3)ccc12. The topological polar surface area (TPSA) is 115 Å². The van der Waals surface area contributed by atoms with Gasteiger partial charge in [-0.25, -0.2) is 9.67 Å². The third-order valence-electron chi connectivity index (χ3n) is 5.70. The molecule has 1 saturated heterocycles. The number of hydrogen-bond donors (Lipinski definition) is 2. The maximum atomic E-state index is 13.1. The molecule has 1 fully saturated rings. The molecule has 11 heteroatoms. The van der Waals surface area contributed by atoms with Crippen LogP contribution in [0.5, 0.6) is 0 Å². The number of nitrogens with one attached hydrogen (secondary N) is 2. The Morgan fingerprint density at radius 1 is 1.09 bits per heavy atom. The molecule has 0 spiro atoms. The summed E-state index contributed by atoms with van der Waals surface area (Å²) < 4.78 is 1.61. The molecule has 0 aliphatic carbocycles. The molecule has 2 N–H and O–H groups in total. The first kappa shape index (κ1) is 20.5. The van der Waals surface area contributed by atoms with E-state index in [9.17, 15) is 4.79 Å². The van der Waals surface area contributed by atoms with E-state index in [1.807, 2.05) is 30.3 Å². The van der Waals surface area contributed by atoms with Crippen LogP contribution in [0.1, 0.15) is 28.6 Å². The van der Waals surface area contributed by atoms with Crippen LogP contribution in [0, 0.1) is 0 Å². The number of hydrogen-bond acceptors (Lipinski definition) is 7. The minimum atomic E-state index is -0.347. The number of carbonyl (C=O) groups excluding carboxylic acids is 1. The molecule has 0 bridgehead atoms. The summed E-state index contributed by atoms with van der Waals surface area (Å²) in [6.45, 7) is 1.01. The lowest BCUT2D eigenvalue weighted by molar-refractivity contribution is 0.101. The number of amides is 1. The van der Waals surface area contributed by atoms with E-state index < -0.39 is 0 Å². The van der Waals surface area contributed by atoms with Gasteiger partial charge in [-0.2, -0.15) is 15.3 Å². The summed E-state index contributed by atoms with van der Waals surface area (Å²) in [6, 6.07) is 13.4. The van der Waals surface area contributed by atoms with Gasteiger partial charge in [-0.3, -0.25) is 9.78 Å². The van der Waals surface area contributed by atoms with Crippen molar-refractivity contribution in [3.05, 3.63) is 83.7 Å². The summed E-state index contributed by atoms with van der Waals surface area (Å²) in [5, 5.41) is 19.9. The molecule has 1 atom stereocenters. The molecule has 34 heavy (non-hydrogen) atoms.